The van der Waals surface area contributed by atoms with E-state index in [1.54, 1.807) is 0 Å². The second-order valence-corrected chi connectivity index (χ2v) is 4.73. The van der Waals surface area contributed by atoms with Crippen LogP contribution < -0.4 is 10.1 Å². The van der Waals surface area contributed by atoms with Gasteiger partial charge in [0.05, 0.1) is 18.8 Å². The lowest BCUT2D eigenvalue weighted by atomic mass is 10.1. The van der Waals surface area contributed by atoms with Crippen molar-refractivity contribution >= 4 is 0 Å². The van der Waals surface area contributed by atoms with E-state index >= 15 is 0 Å². The standard InChI is InChI=1S/C15H23NO2/c1-3-8-17-14-7-5-6-12(9-14)15-11-16-10-13(4-2)18-15/h5-7,9,13,15-16H,3-4,8,10-11H2,1-2H3. The smallest absolute Gasteiger partial charge is 0.119 e. The summed E-state index contributed by atoms with van der Waals surface area (Å²) in [7, 11) is 0. The molecule has 0 radical (unpaired) electrons. The number of hydrogen-bond donors (Lipinski definition) is 1. The maximum Gasteiger partial charge on any atom is 0.119 e. The Bertz CT molecular complexity index is 367. The van der Waals surface area contributed by atoms with Crippen LogP contribution in [0.4, 0.5) is 0 Å². The van der Waals surface area contributed by atoms with E-state index < -0.39 is 0 Å². The largest absolute Gasteiger partial charge is 0.494 e. The number of rotatable bonds is 5. The lowest BCUT2D eigenvalue weighted by Gasteiger charge is -2.30. The Labute approximate surface area is 109 Å². The number of benzene rings is 1. The summed E-state index contributed by atoms with van der Waals surface area (Å²) in [6.07, 6.45) is 2.55. The third-order valence-electron chi connectivity index (χ3n) is 3.22. The van der Waals surface area contributed by atoms with Crippen molar-refractivity contribution in [3.8, 4) is 5.75 Å². The Morgan fingerprint density at radius 3 is 3.00 bits per heavy atom. The van der Waals surface area contributed by atoms with Crippen LogP contribution in [0.15, 0.2) is 24.3 Å². The molecule has 1 aromatic rings. The quantitative estimate of drug-likeness (QED) is 0.870. The van der Waals surface area contributed by atoms with Gasteiger partial charge in [-0.25, -0.2) is 0 Å². The van der Waals surface area contributed by atoms with Crippen molar-refractivity contribution in [1.82, 2.24) is 5.32 Å². The zero-order chi connectivity index (χ0) is 12.8. The van der Waals surface area contributed by atoms with Gasteiger partial charge in [0.1, 0.15) is 5.75 Å². The molecule has 18 heavy (non-hydrogen) atoms. The van der Waals surface area contributed by atoms with E-state index in [0.29, 0.717) is 6.10 Å². The molecule has 2 atom stereocenters. The summed E-state index contributed by atoms with van der Waals surface area (Å²) in [4.78, 5) is 0. The van der Waals surface area contributed by atoms with Crippen molar-refractivity contribution < 1.29 is 9.47 Å². The molecule has 1 aromatic carbocycles. The lowest BCUT2D eigenvalue weighted by molar-refractivity contribution is -0.0400. The van der Waals surface area contributed by atoms with Gasteiger partial charge in [0, 0.05) is 13.1 Å². The lowest BCUT2D eigenvalue weighted by Crippen LogP contribution is -2.40. The first-order valence-corrected chi connectivity index (χ1v) is 6.92. The van der Waals surface area contributed by atoms with Crippen LogP contribution in [0, 0.1) is 0 Å². The number of hydrogen-bond acceptors (Lipinski definition) is 3. The minimum Gasteiger partial charge on any atom is -0.494 e. The van der Waals surface area contributed by atoms with Crippen molar-refractivity contribution in [3.63, 3.8) is 0 Å². The fourth-order valence-corrected chi connectivity index (χ4v) is 2.17. The molecule has 0 amide bonds. The second-order valence-electron chi connectivity index (χ2n) is 4.73. The minimum atomic E-state index is 0.147. The van der Waals surface area contributed by atoms with Crippen LogP contribution in [-0.2, 0) is 4.74 Å². The highest BCUT2D eigenvalue weighted by atomic mass is 16.5. The molecule has 3 nitrogen and oxygen atoms in total. The van der Waals surface area contributed by atoms with Crippen molar-refractivity contribution in [1.29, 1.82) is 0 Å². The second kappa shape index (κ2) is 6.76. The van der Waals surface area contributed by atoms with Gasteiger partial charge in [-0.1, -0.05) is 26.0 Å². The normalized spacial score (nSPS) is 23.9. The van der Waals surface area contributed by atoms with Gasteiger partial charge >= 0.3 is 0 Å². The van der Waals surface area contributed by atoms with Crippen LogP contribution in [0.3, 0.4) is 0 Å². The highest BCUT2D eigenvalue weighted by Crippen LogP contribution is 2.25. The molecular formula is C15H23NO2. The van der Waals surface area contributed by atoms with Gasteiger partial charge in [0.15, 0.2) is 0 Å². The molecule has 2 unspecified atom stereocenters. The summed E-state index contributed by atoms with van der Waals surface area (Å²) in [5.74, 6) is 0.941. The summed E-state index contributed by atoms with van der Waals surface area (Å²) in [6, 6.07) is 8.26. The van der Waals surface area contributed by atoms with Crippen LogP contribution in [-0.4, -0.2) is 25.8 Å². The maximum absolute atomic E-state index is 6.06. The summed E-state index contributed by atoms with van der Waals surface area (Å²) in [5, 5.41) is 3.43. The molecular weight excluding hydrogens is 226 g/mol. The van der Waals surface area contributed by atoms with Crippen molar-refractivity contribution in [3.05, 3.63) is 29.8 Å². The first-order valence-electron chi connectivity index (χ1n) is 6.92. The number of morpholine rings is 1. The first kappa shape index (κ1) is 13.4. The van der Waals surface area contributed by atoms with E-state index in [-0.39, 0.29) is 6.10 Å². The van der Waals surface area contributed by atoms with Gasteiger partial charge in [0.2, 0.25) is 0 Å². The molecule has 0 bridgehead atoms. The summed E-state index contributed by atoms with van der Waals surface area (Å²) in [5.41, 5.74) is 1.20. The monoisotopic (exact) mass is 249 g/mol. The van der Waals surface area contributed by atoms with E-state index in [2.05, 4.69) is 31.3 Å². The molecule has 0 spiro atoms. The van der Waals surface area contributed by atoms with E-state index in [1.807, 2.05) is 12.1 Å². The summed E-state index contributed by atoms with van der Waals surface area (Å²) < 4.78 is 11.7. The van der Waals surface area contributed by atoms with Gasteiger partial charge < -0.3 is 14.8 Å². The van der Waals surface area contributed by atoms with Gasteiger partial charge in [0.25, 0.3) is 0 Å². The van der Waals surface area contributed by atoms with Crippen LogP contribution >= 0.6 is 0 Å². The number of ether oxygens (including phenoxy) is 2. The van der Waals surface area contributed by atoms with Crippen LogP contribution in [0.25, 0.3) is 0 Å². The molecule has 100 valence electrons. The van der Waals surface area contributed by atoms with Crippen molar-refractivity contribution in [2.45, 2.75) is 38.9 Å². The zero-order valence-electron chi connectivity index (χ0n) is 11.3. The minimum absolute atomic E-state index is 0.147. The predicted octanol–water partition coefficient (Wildman–Crippen LogP) is 2.91. The topological polar surface area (TPSA) is 30.5 Å². The molecule has 3 heteroatoms. The van der Waals surface area contributed by atoms with E-state index in [0.717, 1.165) is 38.3 Å². The Hall–Kier alpha value is -1.06. The highest BCUT2D eigenvalue weighted by molar-refractivity contribution is 5.30. The average Bonchev–Trinajstić information content (AvgIpc) is 2.45. The molecule has 2 rings (SSSR count). The Morgan fingerprint density at radius 2 is 2.22 bits per heavy atom. The molecule has 0 aliphatic carbocycles. The predicted molar refractivity (Wildman–Crippen MR) is 73.0 cm³/mol. The third-order valence-corrected chi connectivity index (χ3v) is 3.22. The molecule has 1 saturated heterocycles. The van der Waals surface area contributed by atoms with Crippen molar-refractivity contribution in [2.75, 3.05) is 19.7 Å². The fourth-order valence-electron chi connectivity index (χ4n) is 2.17. The molecule has 0 aromatic heterocycles. The van der Waals surface area contributed by atoms with Gasteiger partial charge in [-0.2, -0.15) is 0 Å². The fraction of sp³-hybridized carbons (Fsp3) is 0.600. The molecule has 1 aliphatic heterocycles. The van der Waals surface area contributed by atoms with Crippen LogP contribution in [0.2, 0.25) is 0 Å². The summed E-state index contributed by atoms with van der Waals surface area (Å²) >= 11 is 0. The van der Waals surface area contributed by atoms with Gasteiger partial charge in [-0.15, -0.1) is 0 Å². The van der Waals surface area contributed by atoms with Crippen LogP contribution in [0.5, 0.6) is 5.75 Å². The van der Waals surface area contributed by atoms with E-state index in [9.17, 15) is 0 Å². The van der Waals surface area contributed by atoms with Crippen LogP contribution in [0.1, 0.15) is 38.4 Å². The zero-order valence-corrected chi connectivity index (χ0v) is 11.3. The first-order chi connectivity index (χ1) is 8.83. The highest BCUT2D eigenvalue weighted by Gasteiger charge is 2.22. The van der Waals surface area contributed by atoms with E-state index in [1.165, 1.54) is 5.56 Å². The Balaban J connectivity index is 2.02. The van der Waals surface area contributed by atoms with E-state index in [4.69, 9.17) is 9.47 Å². The SMILES string of the molecule is CCCOc1cccc(C2CNCC(CC)O2)c1. The Kier molecular flexibility index (Phi) is 5.02. The van der Waals surface area contributed by atoms with Gasteiger partial charge in [-0.3, -0.25) is 0 Å². The molecule has 1 fully saturated rings. The summed E-state index contributed by atoms with van der Waals surface area (Å²) in [6.45, 7) is 6.89. The molecule has 1 aliphatic rings. The number of nitrogens with one attached hydrogen (secondary N) is 1. The molecule has 1 heterocycles. The Morgan fingerprint density at radius 1 is 1.33 bits per heavy atom. The third kappa shape index (κ3) is 3.47. The molecule has 1 N–H and O–H groups in total. The van der Waals surface area contributed by atoms with Crippen molar-refractivity contribution in [2.24, 2.45) is 0 Å². The average molecular weight is 249 g/mol. The van der Waals surface area contributed by atoms with Gasteiger partial charge in [-0.05, 0) is 30.5 Å². The maximum atomic E-state index is 6.06. The molecule has 0 saturated carbocycles.